The topological polar surface area (TPSA) is 18.5 Å². The van der Waals surface area contributed by atoms with E-state index in [4.69, 9.17) is 9.47 Å². The molecule has 0 bridgehead atoms. The Balaban J connectivity index is 1.97. The first kappa shape index (κ1) is 6.62. The minimum atomic E-state index is 0.0492. The van der Waals surface area contributed by atoms with Gasteiger partial charge in [0.25, 0.3) is 0 Å². The van der Waals surface area contributed by atoms with Crippen molar-refractivity contribution >= 4 is 0 Å². The Hall–Kier alpha value is -0.0800. The van der Waals surface area contributed by atoms with Gasteiger partial charge in [-0.1, -0.05) is 12.8 Å². The van der Waals surface area contributed by atoms with Gasteiger partial charge >= 0.3 is 0 Å². The molecule has 1 saturated heterocycles. The third-order valence-electron chi connectivity index (χ3n) is 2.37. The van der Waals surface area contributed by atoms with Crippen molar-refractivity contribution in [1.82, 2.24) is 0 Å². The molecule has 0 aromatic heterocycles. The molecule has 0 spiro atoms. The fourth-order valence-electron chi connectivity index (χ4n) is 1.90. The summed E-state index contributed by atoms with van der Waals surface area (Å²) < 4.78 is 11.1. The minimum absolute atomic E-state index is 0.0492. The maximum Gasteiger partial charge on any atom is 0.155 e. The van der Waals surface area contributed by atoms with E-state index in [1.807, 2.05) is 6.92 Å². The first-order valence-corrected chi connectivity index (χ1v) is 4.17. The predicted octanol–water partition coefficient (Wildman–Crippen LogP) is 1.69. The molecule has 0 aromatic carbocycles. The highest BCUT2D eigenvalue weighted by atomic mass is 16.7. The van der Waals surface area contributed by atoms with Crippen molar-refractivity contribution in [3.05, 3.63) is 0 Å². The molecule has 2 heteroatoms. The van der Waals surface area contributed by atoms with Crippen LogP contribution in [0.4, 0.5) is 0 Å². The number of hydrogen-bond acceptors (Lipinski definition) is 2. The fraction of sp³-hybridized carbons (Fsp3) is 1.00. The van der Waals surface area contributed by atoms with Gasteiger partial charge in [0.05, 0.1) is 12.2 Å². The zero-order valence-electron chi connectivity index (χ0n) is 6.38. The van der Waals surface area contributed by atoms with E-state index >= 15 is 0 Å². The second-order valence-corrected chi connectivity index (χ2v) is 3.20. The lowest BCUT2D eigenvalue weighted by atomic mass is 9.95. The van der Waals surface area contributed by atoms with Crippen molar-refractivity contribution in [1.29, 1.82) is 0 Å². The zero-order chi connectivity index (χ0) is 6.97. The molecule has 2 rings (SSSR count). The van der Waals surface area contributed by atoms with E-state index < -0.39 is 0 Å². The SMILES string of the molecule is CC1O[C@@H]2CCCC[C@H]2O1. The molecular formula is C8H14O2. The largest absolute Gasteiger partial charge is 0.347 e. The summed E-state index contributed by atoms with van der Waals surface area (Å²) in [5.41, 5.74) is 0. The van der Waals surface area contributed by atoms with Crippen LogP contribution in [0.3, 0.4) is 0 Å². The number of hydrogen-bond donors (Lipinski definition) is 0. The lowest BCUT2D eigenvalue weighted by molar-refractivity contribution is -0.0499. The molecule has 10 heavy (non-hydrogen) atoms. The Morgan fingerprint density at radius 2 is 1.50 bits per heavy atom. The Labute approximate surface area is 61.5 Å². The molecule has 1 aliphatic heterocycles. The van der Waals surface area contributed by atoms with Gasteiger partial charge in [0, 0.05) is 0 Å². The van der Waals surface area contributed by atoms with Crippen molar-refractivity contribution in [2.75, 3.05) is 0 Å². The molecule has 1 heterocycles. The average molecular weight is 142 g/mol. The second kappa shape index (κ2) is 2.51. The normalized spacial score (nSPS) is 41.7. The first-order chi connectivity index (χ1) is 4.86. The lowest BCUT2D eigenvalue weighted by Gasteiger charge is -2.21. The van der Waals surface area contributed by atoms with Crippen LogP contribution in [0.1, 0.15) is 32.6 Å². The van der Waals surface area contributed by atoms with Gasteiger partial charge < -0.3 is 9.47 Å². The molecule has 1 aliphatic carbocycles. The summed E-state index contributed by atoms with van der Waals surface area (Å²) in [5.74, 6) is 0. The van der Waals surface area contributed by atoms with Crippen LogP contribution in [0.15, 0.2) is 0 Å². The summed E-state index contributed by atoms with van der Waals surface area (Å²) in [5, 5.41) is 0. The quantitative estimate of drug-likeness (QED) is 0.512. The van der Waals surface area contributed by atoms with Crippen LogP contribution in [-0.4, -0.2) is 18.5 Å². The van der Waals surface area contributed by atoms with Crippen molar-refractivity contribution in [3.8, 4) is 0 Å². The van der Waals surface area contributed by atoms with Crippen LogP contribution in [0.5, 0.6) is 0 Å². The van der Waals surface area contributed by atoms with Gasteiger partial charge in [0.2, 0.25) is 0 Å². The second-order valence-electron chi connectivity index (χ2n) is 3.20. The molecule has 2 fully saturated rings. The van der Waals surface area contributed by atoms with E-state index in [-0.39, 0.29) is 6.29 Å². The molecule has 0 unspecified atom stereocenters. The van der Waals surface area contributed by atoms with Crippen LogP contribution in [0.2, 0.25) is 0 Å². The molecule has 2 nitrogen and oxygen atoms in total. The lowest BCUT2D eigenvalue weighted by Crippen LogP contribution is -2.25. The highest BCUT2D eigenvalue weighted by Gasteiger charge is 2.35. The summed E-state index contributed by atoms with van der Waals surface area (Å²) in [6.07, 6.45) is 5.93. The Bertz CT molecular complexity index is 110. The average Bonchev–Trinajstić information content (AvgIpc) is 2.27. The van der Waals surface area contributed by atoms with E-state index in [0.29, 0.717) is 12.2 Å². The molecule has 58 valence electrons. The smallest absolute Gasteiger partial charge is 0.155 e. The number of fused-ring (bicyclic) bond motifs is 1. The molecule has 0 radical (unpaired) electrons. The molecule has 2 atom stereocenters. The summed E-state index contributed by atoms with van der Waals surface area (Å²) in [6, 6.07) is 0. The van der Waals surface area contributed by atoms with Gasteiger partial charge in [-0.15, -0.1) is 0 Å². The van der Waals surface area contributed by atoms with E-state index in [2.05, 4.69) is 0 Å². The van der Waals surface area contributed by atoms with Crippen molar-refractivity contribution < 1.29 is 9.47 Å². The van der Waals surface area contributed by atoms with Crippen molar-refractivity contribution in [2.24, 2.45) is 0 Å². The maximum atomic E-state index is 5.54. The predicted molar refractivity (Wildman–Crippen MR) is 37.7 cm³/mol. The minimum Gasteiger partial charge on any atom is -0.347 e. The number of rotatable bonds is 0. The maximum absolute atomic E-state index is 5.54. The Morgan fingerprint density at radius 3 is 2.00 bits per heavy atom. The zero-order valence-corrected chi connectivity index (χ0v) is 6.38. The molecule has 0 N–H and O–H groups in total. The fourth-order valence-corrected chi connectivity index (χ4v) is 1.90. The first-order valence-electron chi connectivity index (χ1n) is 4.17. The highest BCUT2D eigenvalue weighted by Crippen LogP contribution is 2.30. The highest BCUT2D eigenvalue weighted by molar-refractivity contribution is 4.80. The Morgan fingerprint density at radius 1 is 1.00 bits per heavy atom. The van der Waals surface area contributed by atoms with Gasteiger partial charge in [-0.05, 0) is 19.8 Å². The van der Waals surface area contributed by atoms with Crippen molar-refractivity contribution in [3.63, 3.8) is 0 Å². The summed E-state index contributed by atoms with van der Waals surface area (Å²) in [4.78, 5) is 0. The van der Waals surface area contributed by atoms with Crippen LogP contribution in [-0.2, 0) is 9.47 Å². The summed E-state index contributed by atoms with van der Waals surface area (Å²) in [6.45, 7) is 1.98. The van der Waals surface area contributed by atoms with Gasteiger partial charge in [0.15, 0.2) is 6.29 Å². The van der Waals surface area contributed by atoms with Crippen LogP contribution in [0.25, 0.3) is 0 Å². The molecule has 2 aliphatic rings. The summed E-state index contributed by atoms with van der Waals surface area (Å²) >= 11 is 0. The molecule has 0 amide bonds. The standard InChI is InChI=1S/C8H14O2/c1-6-9-7-4-2-3-5-8(7)10-6/h6-8H,2-5H2,1H3/t7-,8-/m1/s1. The molecule has 1 saturated carbocycles. The Kier molecular flexibility index (Phi) is 1.66. The van der Waals surface area contributed by atoms with E-state index in [0.717, 1.165) is 0 Å². The van der Waals surface area contributed by atoms with E-state index in [9.17, 15) is 0 Å². The third kappa shape index (κ3) is 1.06. The van der Waals surface area contributed by atoms with Gasteiger partial charge in [-0.2, -0.15) is 0 Å². The van der Waals surface area contributed by atoms with Gasteiger partial charge in [0.1, 0.15) is 0 Å². The van der Waals surface area contributed by atoms with E-state index in [1.54, 1.807) is 0 Å². The van der Waals surface area contributed by atoms with E-state index in [1.165, 1.54) is 25.7 Å². The van der Waals surface area contributed by atoms with Crippen molar-refractivity contribution in [2.45, 2.75) is 51.1 Å². The van der Waals surface area contributed by atoms with Gasteiger partial charge in [-0.3, -0.25) is 0 Å². The summed E-state index contributed by atoms with van der Waals surface area (Å²) in [7, 11) is 0. The molecule has 0 aromatic rings. The number of ether oxygens (including phenoxy) is 2. The van der Waals surface area contributed by atoms with Crippen LogP contribution in [0, 0.1) is 0 Å². The van der Waals surface area contributed by atoms with Gasteiger partial charge in [-0.25, -0.2) is 0 Å². The monoisotopic (exact) mass is 142 g/mol. The molecular weight excluding hydrogens is 128 g/mol. The van der Waals surface area contributed by atoms with Crippen LogP contribution < -0.4 is 0 Å². The van der Waals surface area contributed by atoms with Crippen LogP contribution >= 0.6 is 0 Å². The third-order valence-corrected chi connectivity index (χ3v) is 2.37.